The van der Waals surface area contributed by atoms with Gasteiger partial charge >= 0.3 is 12.0 Å². The molecule has 110 valence electrons. The summed E-state index contributed by atoms with van der Waals surface area (Å²) >= 11 is 0. The Kier molecular flexibility index (Phi) is 4.42. The zero-order chi connectivity index (χ0) is 15.4. The maximum Gasteiger partial charge on any atom is 0.335 e. The summed E-state index contributed by atoms with van der Waals surface area (Å²) in [5, 5.41) is 9.01. The van der Waals surface area contributed by atoms with E-state index in [1.807, 2.05) is 0 Å². The van der Waals surface area contributed by atoms with Crippen molar-refractivity contribution in [1.29, 1.82) is 0 Å². The zero-order valence-electron chi connectivity index (χ0n) is 11.8. The van der Waals surface area contributed by atoms with Crippen molar-refractivity contribution in [2.45, 2.75) is 13.1 Å². The molecule has 1 aromatic rings. The van der Waals surface area contributed by atoms with Crippen molar-refractivity contribution in [1.82, 2.24) is 9.80 Å². The number of fused-ring (bicyclic) bond motifs is 1. The van der Waals surface area contributed by atoms with E-state index >= 15 is 0 Å². The second kappa shape index (κ2) is 6.26. The van der Waals surface area contributed by atoms with Gasteiger partial charge in [-0.1, -0.05) is 18.2 Å². The Labute approximate surface area is 123 Å². The summed E-state index contributed by atoms with van der Waals surface area (Å²) in [4.78, 5) is 26.8. The number of amides is 2. The number of carboxylic acids is 1. The number of rotatable bonds is 5. The van der Waals surface area contributed by atoms with Crippen LogP contribution in [0.4, 0.5) is 4.79 Å². The normalized spacial score (nSPS) is 12.7. The molecule has 0 atom stereocenters. The van der Waals surface area contributed by atoms with Crippen LogP contribution in [0.3, 0.4) is 0 Å². The smallest absolute Gasteiger partial charge is 0.335 e. The molecule has 0 radical (unpaired) electrons. The molecule has 2 rings (SSSR count). The lowest BCUT2D eigenvalue weighted by Gasteiger charge is -2.25. The molecule has 0 unspecified atom stereocenters. The van der Waals surface area contributed by atoms with Crippen molar-refractivity contribution < 1.29 is 14.7 Å². The van der Waals surface area contributed by atoms with Crippen LogP contribution in [0.1, 0.15) is 21.5 Å². The number of urea groups is 1. The molecule has 1 aliphatic rings. The number of hydrogen-bond acceptors (Lipinski definition) is 2. The van der Waals surface area contributed by atoms with Gasteiger partial charge in [-0.25, -0.2) is 9.59 Å². The molecule has 0 bridgehead atoms. The molecule has 0 saturated carbocycles. The summed E-state index contributed by atoms with van der Waals surface area (Å²) in [6, 6.07) is 4.89. The number of benzene rings is 1. The van der Waals surface area contributed by atoms with Crippen LogP contribution in [0, 0.1) is 0 Å². The Hall–Kier alpha value is -2.56. The van der Waals surface area contributed by atoms with Crippen LogP contribution in [0.2, 0.25) is 0 Å². The third kappa shape index (κ3) is 3.13. The Bertz CT molecular complexity index is 585. The highest BCUT2D eigenvalue weighted by Crippen LogP contribution is 2.25. The molecule has 0 aliphatic carbocycles. The van der Waals surface area contributed by atoms with Gasteiger partial charge in [0.25, 0.3) is 0 Å². The van der Waals surface area contributed by atoms with Crippen molar-refractivity contribution >= 4 is 12.0 Å². The van der Waals surface area contributed by atoms with Gasteiger partial charge in [0, 0.05) is 26.2 Å². The number of carbonyl (C=O) groups excluding carboxylic acids is 1. The maximum atomic E-state index is 12.5. The molecule has 5 nitrogen and oxygen atoms in total. The highest BCUT2D eigenvalue weighted by atomic mass is 16.4. The van der Waals surface area contributed by atoms with Crippen LogP contribution in [0.25, 0.3) is 0 Å². The fourth-order valence-corrected chi connectivity index (χ4v) is 2.41. The van der Waals surface area contributed by atoms with E-state index < -0.39 is 5.97 Å². The van der Waals surface area contributed by atoms with Gasteiger partial charge in [-0.15, -0.1) is 13.2 Å². The number of nitrogens with zero attached hydrogens (tertiary/aromatic N) is 2. The van der Waals surface area contributed by atoms with Crippen molar-refractivity contribution in [3.05, 3.63) is 60.2 Å². The van der Waals surface area contributed by atoms with Crippen LogP contribution < -0.4 is 0 Å². The molecule has 1 aliphatic heterocycles. The van der Waals surface area contributed by atoms with E-state index in [-0.39, 0.29) is 11.6 Å². The summed E-state index contributed by atoms with van der Waals surface area (Å²) in [5.74, 6) is -0.956. The van der Waals surface area contributed by atoms with E-state index in [9.17, 15) is 9.59 Å². The number of hydrogen-bond donors (Lipinski definition) is 1. The predicted molar refractivity (Wildman–Crippen MR) is 80.0 cm³/mol. The summed E-state index contributed by atoms with van der Waals surface area (Å²) in [6.45, 7) is 9.14. The predicted octanol–water partition coefficient (Wildman–Crippen LogP) is 2.49. The SMILES string of the molecule is C=CCN(CC=C)C(=O)N1Cc2ccc(C(=O)O)cc2C1. The molecule has 5 heteroatoms. The minimum absolute atomic E-state index is 0.0946. The lowest BCUT2D eigenvalue weighted by atomic mass is 10.1. The standard InChI is InChI=1S/C16H18N2O3/c1-3-7-17(8-4-2)16(21)18-10-13-6-5-12(15(19)20)9-14(13)11-18/h3-6,9H,1-2,7-8,10-11H2,(H,19,20). The average Bonchev–Trinajstić information content (AvgIpc) is 2.89. The first-order chi connectivity index (χ1) is 10.1. The third-order valence-corrected chi connectivity index (χ3v) is 3.42. The van der Waals surface area contributed by atoms with E-state index in [1.165, 1.54) is 0 Å². The van der Waals surface area contributed by atoms with Gasteiger partial charge in [0.05, 0.1) is 5.56 Å². The van der Waals surface area contributed by atoms with Crippen molar-refractivity contribution in [2.75, 3.05) is 13.1 Å². The average molecular weight is 286 g/mol. The number of carbonyl (C=O) groups is 2. The van der Waals surface area contributed by atoms with Gasteiger partial charge < -0.3 is 14.9 Å². The van der Waals surface area contributed by atoms with E-state index in [4.69, 9.17) is 5.11 Å². The van der Waals surface area contributed by atoms with E-state index in [1.54, 1.807) is 40.2 Å². The summed E-state index contributed by atoms with van der Waals surface area (Å²) in [7, 11) is 0. The monoisotopic (exact) mass is 286 g/mol. The Morgan fingerprint density at radius 2 is 1.81 bits per heavy atom. The van der Waals surface area contributed by atoms with Gasteiger partial charge in [-0.05, 0) is 23.3 Å². The molecule has 2 amide bonds. The Balaban J connectivity index is 2.14. The van der Waals surface area contributed by atoms with Gasteiger partial charge in [0.2, 0.25) is 0 Å². The van der Waals surface area contributed by atoms with Gasteiger partial charge in [-0.2, -0.15) is 0 Å². The molecule has 21 heavy (non-hydrogen) atoms. The minimum atomic E-state index is -0.956. The quantitative estimate of drug-likeness (QED) is 0.846. The van der Waals surface area contributed by atoms with Crippen LogP contribution in [0.15, 0.2) is 43.5 Å². The Morgan fingerprint density at radius 3 is 2.38 bits per heavy atom. The topological polar surface area (TPSA) is 60.9 Å². The summed E-state index contributed by atoms with van der Waals surface area (Å²) in [6.07, 6.45) is 3.35. The minimum Gasteiger partial charge on any atom is -0.478 e. The second-order valence-electron chi connectivity index (χ2n) is 4.91. The largest absolute Gasteiger partial charge is 0.478 e. The highest BCUT2D eigenvalue weighted by molar-refractivity contribution is 5.88. The van der Waals surface area contributed by atoms with Crippen molar-refractivity contribution in [2.24, 2.45) is 0 Å². The number of aromatic carboxylic acids is 1. The molecular weight excluding hydrogens is 268 g/mol. The molecule has 0 aromatic heterocycles. The molecule has 0 spiro atoms. The van der Waals surface area contributed by atoms with Crippen LogP contribution >= 0.6 is 0 Å². The molecule has 1 N–H and O–H groups in total. The van der Waals surface area contributed by atoms with Crippen LogP contribution in [-0.4, -0.2) is 40.0 Å². The molecule has 1 heterocycles. The van der Waals surface area contributed by atoms with Crippen molar-refractivity contribution in [3.8, 4) is 0 Å². The first-order valence-corrected chi connectivity index (χ1v) is 6.67. The molecule has 0 saturated heterocycles. The van der Waals surface area contributed by atoms with Gasteiger partial charge in [0.1, 0.15) is 0 Å². The number of carboxylic acid groups (broad SMARTS) is 1. The highest BCUT2D eigenvalue weighted by Gasteiger charge is 2.26. The first kappa shape index (κ1) is 14.8. The van der Waals surface area contributed by atoms with E-state index in [2.05, 4.69) is 13.2 Å². The van der Waals surface area contributed by atoms with Crippen LogP contribution in [0.5, 0.6) is 0 Å². The third-order valence-electron chi connectivity index (χ3n) is 3.42. The lowest BCUT2D eigenvalue weighted by Crippen LogP contribution is -2.40. The molecule has 0 fully saturated rings. The summed E-state index contributed by atoms with van der Waals surface area (Å²) in [5.41, 5.74) is 2.13. The zero-order valence-corrected chi connectivity index (χ0v) is 11.8. The Morgan fingerprint density at radius 1 is 1.19 bits per heavy atom. The van der Waals surface area contributed by atoms with Crippen molar-refractivity contribution in [3.63, 3.8) is 0 Å². The van der Waals surface area contributed by atoms with Gasteiger partial charge in [0.15, 0.2) is 0 Å². The first-order valence-electron chi connectivity index (χ1n) is 6.67. The summed E-state index contributed by atoms with van der Waals surface area (Å²) < 4.78 is 0. The maximum absolute atomic E-state index is 12.5. The molecule has 1 aromatic carbocycles. The lowest BCUT2D eigenvalue weighted by molar-refractivity contribution is 0.0696. The van der Waals surface area contributed by atoms with Gasteiger partial charge in [-0.3, -0.25) is 0 Å². The van der Waals surface area contributed by atoms with E-state index in [0.29, 0.717) is 26.2 Å². The van der Waals surface area contributed by atoms with E-state index in [0.717, 1.165) is 11.1 Å². The fourth-order valence-electron chi connectivity index (χ4n) is 2.41. The fraction of sp³-hybridized carbons (Fsp3) is 0.250. The second-order valence-corrected chi connectivity index (χ2v) is 4.91. The van der Waals surface area contributed by atoms with Crippen LogP contribution in [-0.2, 0) is 13.1 Å². The molecular formula is C16H18N2O3.